The van der Waals surface area contributed by atoms with E-state index >= 15 is 0 Å². The van der Waals surface area contributed by atoms with Crippen molar-refractivity contribution >= 4 is 0 Å². The highest BCUT2D eigenvalue weighted by molar-refractivity contribution is 5.21. The molecule has 21 heavy (non-hydrogen) atoms. The maximum absolute atomic E-state index is 3.76. The van der Waals surface area contributed by atoms with Crippen molar-refractivity contribution in [3.05, 3.63) is 35.9 Å². The number of nitrogens with one attached hydrogen (secondary N) is 1. The third-order valence-electron chi connectivity index (χ3n) is 4.67. The highest BCUT2D eigenvalue weighted by atomic mass is 15.2. The maximum Gasteiger partial charge on any atom is 0.0480 e. The van der Waals surface area contributed by atoms with Crippen LogP contribution in [-0.2, 0) is 0 Å². The van der Waals surface area contributed by atoms with Crippen molar-refractivity contribution in [3.63, 3.8) is 0 Å². The molecule has 1 aromatic rings. The Bertz CT molecular complexity index is 380. The molecule has 2 unspecified atom stereocenters. The van der Waals surface area contributed by atoms with Gasteiger partial charge in [-0.3, -0.25) is 4.90 Å². The lowest BCUT2D eigenvalue weighted by molar-refractivity contribution is 0.121. The molecule has 0 aliphatic carbocycles. The second-order valence-electron chi connectivity index (χ2n) is 6.63. The second-order valence-corrected chi connectivity index (χ2v) is 6.63. The molecule has 0 bridgehead atoms. The minimum Gasteiger partial charge on any atom is -0.309 e. The Kier molecular flexibility index (Phi) is 6.72. The first kappa shape index (κ1) is 16.5. The van der Waals surface area contributed by atoms with E-state index in [2.05, 4.69) is 61.3 Å². The van der Waals surface area contributed by atoms with Gasteiger partial charge in [0.1, 0.15) is 0 Å². The van der Waals surface area contributed by atoms with Crippen LogP contribution < -0.4 is 5.32 Å². The normalized spacial score (nSPS) is 20.2. The van der Waals surface area contributed by atoms with Gasteiger partial charge < -0.3 is 5.32 Å². The van der Waals surface area contributed by atoms with E-state index in [9.17, 15) is 0 Å². The van der Waals surface area contributed by atoms with Crippen LogP contribution in [0, 0.1) is 5.92 Å². The molecule has 0 amide bonds. The lowest BCUT2D eigenvalue weighted by Crippen LogP contribution is -2.48. The van der Waals surface area contributed by atoms with Gasteiger partial charge in [0.15, 0.2) is 0 Å². The number of nitrogens with zero attached hydrogens (tertiary/aromatic N) is 1. The highest BCUT2D eigenvalue weighted by Gasteiger charge is 2.30. The van der Waals surface area contributed by atoms with Gasteiger partial charge in [-0.05, 0) is 44.0 Å². The molecular formula is C19H32N2. The molecule has 1 N–H and O–H groups in total. The Labute approximate surface area is 130 Å². The van der Waals surface area contributed by atoms with Crippen LogP contribution in [0.3, 0.4) is 0 Å². The van der Waals surface area contributed by atoms with E-state index in [1.165, 1.54) is 44.3 Å². The van der Waals surface area contributed by atoms with Crippen molar-refractivity contribution in [3.8, 4) is 0 Å². The largest absolute Gasteiger partial charge is 0.309 e. The van der Waals surface area contributed by atoms with Gasteiger partial charge in [-0.2, -0.15) is 0 Å². The SMILES string of the molecule is CCNC(c1ccccc1)C(C(C)C)N1CCCCCC1. The van der Waals surface area contributed by atoms with Gasteiger partial charge in [-0.1, -0.05) is 63.9 Å². The van der Waals surface area contributed by atoms with Crippen molar-refractivity contribution in [2.45, 2.75) is 58.5 Å². The van der Waals surface area contributed by atoms with Crippen LogP contribution in [0.15, 0.2) is 30.3 Å². The molecule has 1 saturated heterocycles. The Morgan fingerprint density at radius 3 is 2.14 bits per heavy atom. The van der Waals surface area contributed by atoms with Crippen molar-refractivity contribution in [1.82, 2.24) is 10.2 Å². The summed E-state index contributed by atoms with van der Waals surface area (Å²) in [5.74, 6) is 0.660. The summed E-state index contributed by atoms with van der Waals surface area (Å²) in [6.45, 7) is 10.5. The summed E-state index contributed by atoms with van der Waals surface area (Å²) >= 11 is 0. The molecule has 118 valence electrons. The fraction of sp³-hybridized carbons (Fsp3) is 0.684. The summed E-state index contributed by atoms with van der Waals surface area (Å²) in [6.07, 6.45) is 5.52. The van der Waals surface area contributed by atoms with Crippen LogP contribution in [-0.4, -0.2) is 30.6 Å². The molecule has 2 nitrogen and oxygen atoms in total. The van der Waals surface area contributed by atoms with Crippen LogP contribution in [0.25, 0.3) is 0 Å². The summed E-state index contributed by atoms with van der Waals surface area (Å²) in [5, 5.41) is 3.76. The lowest BCUT2D eigenvalue weighted by Gasteiger charge is -2.40. The molecule has 0 aromatic heterocycles. The van der Waals surface area contributed by atoms with Crippen molar-refractivity contribution in [1.29, 1.82) is 0 Å². The predicted octanol–water partition coefficient (Wildman–Crippen LogP) is 4.24. The predicted molar refractivity (Wildman–Crippen MR) is 91.5 cm³/mol. The molecule has 1 aliphatic rings. The summed E-state index contributed by atoms with van der Waals surface area (Å²) in [7, 11) is 0. The minimum absolute atomic E-state index is 0.439. The van der Waals surface area contributed by atoms with Crippen LogP contribution in [0.5, 0.6) is 0 Å². The Morgan fingerprint density at radius 1 is 1.00 bits per heavy atom. The smallest absolute Gasteiger partial charge is 0.0480 e. The molecule has 1 aromatic carbocycles. The summed E-state index contributed by atoms with van der Waals surface area (Å²) < 4.78 is 0. The topological polar surface area (TPSA) is 15.3 Å². The average Bonchev–Trinajstić information content (AvgIpc) is 2.76. The molecule has 2 heteroatoms. The van der Waals surface area contributed by atoms with Crippen molar-refractivity contribution < 1.29 is 0 Å². The quantitative estimate of drug-likeness (QED) is 0.842. The van der Waals surface area contributed by atoms with Gasteiger partial charge in [-0.15, -0.1) is 0 Å². The molecule has 1 heterocycles. The van der Waals surface area contributed by atoms with Crippen LogP contribution in [0.2, 0.25) is 0 Å². The Hall–Kier alpha value is -0.860. The number of hydrogen-bond donors (Lipinski definition) is 1. The third kappa shape index (κ3) is 4.55. The summed E-state index contributed by atoms with van der Waals surface area (Å²) in [6, 6.07) is 12.0. The lowest BCUT2D eigenvalue weighted by atomic mass is 9.89. The first-order chi connectivity index (χ1) is 10.2. The van der Waals surface area contributed by atoms with E-state index in [1.54, 1.807) is 0 Å². The average molecular weight is 288 g/mol. The van der Waals surface area contributed by atoms with E-state index in [0.29, 0.717) is 18.0 Å². The number of likely N-dealkylation sites (tertiary alicyclic amines) is 1. The fourth-order valence-electron chi connectivity index (χ4n) is 3.73. The van der Waals surface area contributed by atoms with Crippen LogP contribution >= 0.6 is 0 Å². The number of rotatable bonds is 6. The standard InChI is InChI=1S/C19H32N2/c1-4-20-18(17-12-8-7-9-13-17)19(16(2)3)21-14-10-5-6-11-15-21/h7-9,12-13,16,18-20H,4-6,10-11,14-15H2,1-3H3. The molecule has 0 saturated carbocycles. The third-order valence-corrected chi connectivity index (χ3v) is 4.67. The molecule has 0 radical (unpaired) electrons. The van der Waals surface area contributed by atoms with E-state index in [4.69, 9.17) is 0 Å². The number of benzene rings is 1. The van der Waals surface area contributed by atoms with Gasteiger partial charge in [0.05, 0.1) is 0 Å². The second kappa shape index (κ2) is 8.55. The Balaban J connectivity index is 2.23. The summed E-state index contributed by atoms with van der Waals surface area (Å²) in [5.41, 5.74) is 1.43. The van der Waals surface area contributed by atoms with Gasteiger partial charge in [-0.25, -0.2) is 0 Å². The van der Waals surface area contributed by atoms with Gasteiger partial charge in [0.2, 0.25) is 0 Å². The van der Waals surface area contributed by atoms with Gasteiger partial charge >= 0.3 is 0 Å². The highest BCUT2D eigenvalue weighted by Crippen LogP contribution is 2.28. The van der Waals surface area contributed by atoms with E-state index in [0.717, 1.165) is 6.54 Å². The zero-order chi connectivity index (χ0) is 15.1. The number of hydrogen-bond acceptors (Lipinski definition) is 2. The fourth-order valence-corrected chi connectivity index (χ4v) is 3.73. The van der Waals surface area contributed by atoms with Crippen molar-refractivity contribution in [2.24, 2.45) is 5.92 Å². The van der Waals surface area contributed by atoms with E-state index in [-0.39, 0.29) is 0 Å². The first-order valence-corrected chi connectivity index (χ1v) is 8.76. The molecular weight excluding hydrogens is 256 g/mol. The molecule has 2 rings (SSSR count). The van der Waals surface area contributed by atoms with E-state index < -0.39 is 0 Å². The zero-order valence-electron chi connectivity index (χ0n) is 14.0. The maximum atomic E-state index is 3.76. The molecule has 1 fully saturated rings. The molecule has 1 aliphatic heterocycles. The zero-order valence-corrected chi connectivity index (χ0v) is 14.0. The van der Waals surface area contributed by atoms with Crippen LogP contribution in [0.4, 0.5) is 0 Å². The Morgan fingerprint density at radius 2 is 1.62 bits per heavy atom. The summed E-state index contributed by atoms with van der Waals surface area (Å²) in [4.78, 5) is 2.75. The van der Waals surface area contributed by atoms with Gasteiger partial charge in [0.25, 0.3) is 0 Å². The number of likely N-dealkylation sites (N-methyl/N-ethyl adjacent to an activating group) is 1. The molecule has 2 atom stereocenters. The minimum atomic E-state index is 0.439. The first-order valence-electron chi connectivity index (χ1n) is 8.76. The van der Waals surface area contributed by atoms with Gasteiger partial charge in [0, 0.05) is 12.1 Å². The molecule has 0 spiro atoms. The monoisotopic (exact) mass is 288 g/mol. The van der Waals surface area contributed by atoms with Crippen LogP contribution in [0.1, 0.15) is 58.1 Å². The van der Waals surface area contributed by atoms with Crippen molar-refractivity contribution in [2.75, 3.05) is 19.6 Å². The van der Waals surface area contributed by atoms with E-state index in [1.807, 2.05) is 0 Å².